The van der Waals surface area contributed by atoms with Crippen LogP contribution in [0.25, 0.3) is 11.3 Å². The van der Waals surface area contributed by atoms with Crippen LogP contribution in [0.1, 0.15) is 16.7 Å². The third kappa shape index (κ3) is 3.88. The zero-order valence-electron chi connectivity index (χ0n) is 15.0. The van der Waals surface area contributed by atoms with Gasteiger partial charge in [0.2, 0.25) is 0 Å². The maximum atomic E-state index is 6.05. The first kappa shape index (κ1) is 19.2. The fourth-order valence-electron chi connectivity index (χ4n) is 3.09. The van der Waals surface area contributed by atoms with Crippen LogP contribution in [0.4, 0.5) is 5.69 Å². The Morgan fingerprint density at radius 3 is 2.35 bits per heavy atom. The molecule has 0 amide bonds. The van der Waals surface area contributed by atoms with Crippen LogP contribution in [0.2, 0.25) is 5.02 Å². The highest BCUT2D eigenvalue weighted by atomic mass is 79.9. The van der Waals surface area contributed by atoms with Gasteiger partial charge in [-0.15, -0.1) is 6.58 Å². The molecule has 0 saturated carbocycles. The first-order valence-corrected chi connectivity index (χ1v) is 10.3. The molecule has 5 heteroatoms. The molecule has 0 unspecified atom stereocenters. The maximum Gasteiger partial charge on any atom is 0.191 e. The minimum atomic E-state index is 0.683. The van der Waals surface area contributed by atoms with Crippen molar-refractivity contribution in [3.63, 3.8) is 0 Å². The summed E-state index contributed by atoms with van der Waals surface area (Å²) in [5.74, 6) is 0. The highest BCUT2D eigenvalue weighted by Gasteiger charge is 2.14. The van der Waals surface area contributed by atoms with Gasteiger partial charge >= 0.3 is 0 Å². The van der Waals surface area contributed by atoms with Crippen molar-refractivity contribution >= 4 is 44.6 Å². The maximum absolute atomic E-state index is 6.05. The van der Waals surface area contributed by atoms with E-state index in [0.717, 1.165) is 30.6 Å². The topological polar surface area (TPSA) is 17.3 Å². The highest BCUT2D eigenvalue weighted by molar-refractivity contribution is 9.11. The average molecular weight is 448 g/mol. The molecule has 0 aliphatic carbocycles. The molecule has 0 spiro atoms. The number of aryl methyl sites for hydroxylation is 3. The first-order chi connectivity index (χ1) is 12.4. The molecule has 134 valence electrons. The summed E-state index contributed by atoms with van der Waals surface area (Å²) in [6.45, 7) is 10.9. The van der Waals surface area contributed by atoms with Crippen molar-refractivity contribution in [1.29, 1.82) is 0 Å². The predicted octanol–water partition coefficient (Wildman–Crippen LogP) is 6.98. The molecule has 0 aliphatic rings. The number of rotatable bonds is 4. The Kier molecular flexibility index (Phi) is 5.86. The van der Waals surface area contributed by atoms with E-state index in [-0.39, 0.29) is 0 Å². The van der Waals surface area contributed by atoms with Crippen molar-refractivity contribution in [1.82, 2.24) is 4.57 Å². The minimum absolute atomic E-state index is 0.683. The second-order valence-electron chi connectivity index (χ2n) is 6.27. The zero-order chi connectivity index (χ0) is 18.8. The standard InChI is InChI=1S/C21H20BrClN2S/c1-5-10-25-19(16-6-8-17(23)9-7-16)20(22)26-21(25)24-18-14(3)11-13(2)12-15(18)4/h5-9,11-12H,1,10H2,2-4H3. The van der Waals surface area contributed by atoms with Crippen molar-refractivity contribution in [2.24, 2.45) is 4.99 Å². The summed E-state index contributed by atoms with van der Waals surface area (Å²) in [6.07, 6.45) is 1.90. The Balaban J connectivity index is 2.25. The molecule has 0 bridgehead atoms. The number of hydrogen-bond donors (Lipinski definition) is 0. The lowest BCUT2D eigenvalue weighted by Gasteiger charge is -2.09. The molecule has 0 N–H and O–H groups in total. The Bertz CT molecular complexity index is 1010. The van der Waals surface area contributed by atoms with Crippen LogP contribution in [0.15, 0.2) is 57.8 Å². The van der Waals surface area contributed by atoms with Gasteiger partial charge in [-0.25, -0.2) is 4.99 Å². The van der Waals surface area contributed by atoms with Gasteiger partial charge in [0.15, 0.2) is 4.80 Å². The Labute approximate surface area is 171 Å². The molecule has 3 aromatic rings. The first-order valence-electron chi connectivity index (χ1n) is 8.29. The molecule has 3 rings (SSSR count). The van der Waals surface area contributed by atoms with Gasteiger partial charge in [0, 0.05) is 17.1 Å². The Morgan fingerprint density at radius 2 is 1.77 bits per heavy atom. The number of aromatic nitrogens is 1. The summed E-state index contributed by atoms with van der Waals surface area (Å²) in [5.41, 5.74) is 6.85. The molecule has 0 radical (unpaired) electrons. The summed E-state index contributed by atoms with van der Waals surface area (Å²) < 4.78 is 3.23. The molecule has 26 heavy (non-hydrogen) atoms. The average Bonchev–Trinajstić information content (AvgIpc) is 2.88. The van der Waals surface area contributed by atoms with Crippen molar-refractivity contribution in [2.45, 2.75) is 27.3 Å². The molecule has 1 aromatic heterocycles. The van der Waals surface area contributed by atoms with E-state index in [1.165, 1.54) is 16.7 Å². The van der Waals surface area contributed by atoms with Gasteiger partial charge in [-0.2, -0.15) is 0 Å². The number of benzene rings is 2. The third-order valence-electron chi connectivity index (χ3n) is 4.14. The number of hydrogen-bond acceptors (Lipinski definition) is 2. The van der Waals surface area contributed by atoms with Crippen LogP contribution >= 0.6 is 38.9 Å². The van der Waals surface area contributed by atoms with Crippen LogP contribution in [-0.4, -0.2) is 4.57 Å². The van der Waals surface area contributed by atoms with Crippen LogP contribution in [0.5, 0.6) is 0 Å². The summed E-state index contributed by atoms with van der Waals surface area (Å²) in [5, 5.41) is 0.728. The van der Waals surface area contributed by atoms with E-state index in [1.807, 2.05) is 30.3 Å². The monoisotopic (exact) mass is 446 g/mol. The molecule has 0 atom stereocenters. The molecule has 2 aromatic carbocycles. The lowest BCUT2D eigenvalue weighted by molar-refractivity contribution is 0.798. The summed E-state index contributed by atoms with van der Waals surface area (Å²) in [6, 6.07) is 12.2. The van der Waals surface area contributed by atoms with Crippen LogP contribution in [0.3, 0.4) is 0 Å². The molecular weight excluding hydrogens is 428 g/mol. The van der Waals surface area contributed by atoms with Gasteiger partial charge in [0.25, 0.3) is 0 Å². The Morgan fingerprint density at radius 1 is 1.15 bits per heavy atom. The van der Waals surface area contributed by atoms with Crippen molar-refractivity contribution < 1.29 is 0 Å². The number of nitrogens with zero attached hydrogens (tertiary/aromatic N) is 2. The minimum Gasteiger partial charge on any atom is -0.312 e. The van der Waals surface area contributed by atoms with E-state index < -0.39 is 0 Å². The summed E-state index contributed by atoms with van der Waals surface area (Å²) >= 11 is 11.4. The van der Waals surface area contributed by atoms with Crippen LogP contribution in [0, 0.1) is 20.8 Å². The van der Waals surface area contributed by atoms with E-state index in [0.29, 0.717) is 6.54 Å². The highest BCUT2D eigenvalue weighted by Crippen LogP contribution is 2.32. The molecule has 2 nitrogen and oxygen atoms in total. The van der Waals surface area contributed by atoms with Gasteiger partial charge in [0.05, 0.1) is 15.2 Å². The largest absolute Gasteiger partial charge is 0.312 e. The van der Waals surface area contributed by atoms with E-state index in [9.17, 15) is 0 Å². The van der Waals surface area contributed by atoms with Crippen LogP contribution < -0.4 is 4.80 Å². The number of allylic oxidation sites excluding steroid dienone is 1. The fourth-order valence-corrected chi connectivity index (χ4v) is 4.99. The molecule has 0 saturated heterocycles. The van der Waals surface area contributed by atoms with E-state index in [4.69, 9.17) is 16.6 Å². The van der Waals surface area contributed by atoms with Gasteiger partial charge in [0.1, 0.15) is 0 Å². The number of thiazole rings is 1. The zero-order valence-corrected chi connectivity index (χ0v) is 18.2. The summed E-state index contributed by atoms with van der Waals surface area (Å²) in [7, 11) is 0. The van der Waals surface area contributed by atoms with Gasteiger partial charge in [-0.1, -0.05) is 58.8 Å². The van der Waals surface area contributed by atoms with Gasteiger partial charge < -0.3 is 4.57 Å². The van der Waals surface area contributed by atoms with Crippen molar-refractivity contribution in [3.05, 3.63) is 79.4 Å². The van der Waals surface area contributed by atoms with E-state index in [2.05, 4.69) is 60.0 Å². The molecule has 0 aliphatic heterocycles. The lowest BCUT2D eigenvalue weighted by atomic mass is 10.1. The second kappa shape index (κ2) is 7.95. The lowest BCUT2D eigenvalue weighted by Crippen LogP contribution is -2.15. The van der Waals surface area contributed by atoms with Crippen molar-refractivity contribution in [2.75, 3.05) is 0 Å². The molecule has 0 fully saturated rings. The normalized spacial score (nSPS) is 11.8. The van der Waals surface area contributed by atoms with E-state index >= 15 is 0 Å². The quantitative estimate of drug-likeness (QED) is 0.384. The fraction of sp³-hybridized carbons (Fsp3) is 0.190. The predicted molar refractivity (Wildman–Crippen MR) is 117 cm³/mol. The number of halogens is 2. The van der Waals surface area contributed by atoms with Gasteiger partial charge in [-0.05, 0) is 60.0 Å². The van der Waals surface area contributed by atoms with Crippen LogP contribution in [-0.2, 0) is 6.54 Å². The smallest absolute Gasteiger partial charge is 0.191 e. The SMILES string of the molecule is C=CCn1c(-c2ccc(Cl)cc2)c(Br)sc1=Nc1c(C)cc(C)cc1C. The second-order valence-corrected chi connectivity index (χ2v) is 9.00. The van der Waals surface area contributed by atoms with Crippen molar-refractivity contribution in [3.8, 4) is 11.3 Å². The van der Waals surface area contributed by atoms with Gasteiger partial charge in [-0.3, -0.25) is 0 Å². The summed E-state index contributed by atoms with van der Waals surface area (Å²) in [4.78, 5) is 5.94. The Hall–Kier alpha value is -1.62. The molecular formula is C21H20BrClN2S. The molecule has 1 heterocycles. The third-order valence-corrected chi connectivity index (χ3v) is 6.12. The van der Waals surface area contributed by atoms with E-state index in [1.54, 1.807) is 11.3 Å².